The Balaban J connectivity index is 1.97. The fourth-order valence-electron chi connectivity index (χ4n) is 2.47. The summed E-state index contributed by atoms with van der Waals surface area (Å²) in [5, 5.41) is 22.4. The first kappa shape index (κ1) is 15.7. The standard InChI is InChI=1S/C14H17N3O5/c1-9-8-11(2-3-12(9)17(21)22)15-14(20)16-6-4-10(5-7-16)13(18)19/h2-3,8,10H,4-7H2,1H3,(H,15,20)(H,18,19). The number of carboxylic acid groups (broad SMARTS) is 1. The highest BCUT2D eigenvalue weighted by molar-refractivity contribution is 5.89. The van der Waals surface area contributed by atoms with Gasteiger partial charge in [0.1, 0.15) is 0 Å². The summed E-state index contributed by atoms with van der Waals surface area (Å²) in [6, 6.07) is 4.05. The lowest BCUT2D eigenvalue weighted by Gasteiger charge is -2.30. The van der Waals surface area contributed by atoms with Gasteiger partial charge >= 0.3 is 12.0 Å². The third-order valence-corrected chi connectivity index (χ3v) is 3.78. The number of nitro groups is 1. The van der Waals surface area contributed by atoms with Crippen LogP contribution in [0.15, 0.2) is 18.2 Å². The topological polar surface area (TPSA) is 113 Å². The summed E-state index contributed by atoms with van der Waals surface area (Å²) >= 11 is 0. The molecule has 0 unspecified atom stereocenters. The van der Waals surface area contributed by atoms with Crippen molar-refractivity contribution in [1.82, 2.24) is 4.90 Å². The first-order chi connectivity index (χ1) is 10.4. The number of carbonyl (C=O) groups is 2. The maximum absolute atomic E-state index is 12.1. The van der Waals surface area contributed by atoms with Gasteiger partial charge in [-0.15, -0.1) is 0 Å². The second-order valence-corrected chi connectivity index (χ2v) is 5.29. The number of amides is 2. The third kappa shape index (κ3) is 3.51. The van der Waals surface area contributed by atoms with Gasteiger partial charge in [0.15, 0.2) is 0 Å². The molecule has 118 valence electrons. The molecule has 1 aliphatic heterocycles. The monoisotopic (exact) mass is 307 g/mol. The van der Waals surface area contributed by atoms with Crippen molar-refractivity contribution >= 4 is 23.4 Å². The number of benzene rings is 1. The second-order valence-electron chi connectivity index (χ2n) is 5.29. The van der Waals surface area contributed by atoms with Crippen molar-refractivity contribution in [3.63, 3.8) is 0 Å². The van der Waals surface area contributed by atoms with Crippen molar-refractivity contribution in [3.05, 3.63) is 33.9 Å². The van der Waals surface area contributed by atoms with Crippen LogP contribution in [0.1, 0.15) is 18.4 Å². The van der Waals surface area contributed by atoms with Crippen molar-refractivity contribution in [1.29, 1.82) is 0 Å². The number of anilines is 1. The molecule has 8 heteroatoms. The van der Waals surface area contributed by atoms with Crippen molar-refractivity contribution in [3.8, 4) is 0 Å². The van der Waals surface area contributed by atoms with E-state index in [0.29, 0.717) is 37.2 Å². The Morgan fingerprint density at radius 1 is 1.36 bits per heavy atom. The Morgan fingerprint density at radius 2 is 2.00 bits per heavy atom. The third-order valence-electron chi connectivity index (χ3n) is 3.78. The molecule has 0 bridgehead atoms. The van der Waals surface area contributed by atoms with Crippen LogP contribution in [0.2, 0.25) is 0 Å². The fourth-order valence-corrected chi connectivity index (χ4v) is 2.47. The smallest absolute Gasteiger partial charge is 0.321 e. The van der Waals surface area contributed by atoms with Gasteiger partial charge in [0.25, 0.3) is 5.69 Å². The number of likely N-dealkylation sites (tertiary alicyclic amines) is 1. The van der Waals surface area contributed by atoms with Crippen LogP contribution < -0.4 is 5.32 Å². The van der Waals surface area contributed by atoms with E-state index in [4.69, 9.17) is 5.11 Å². The molecule has 0 saturated carbocycles. The predicted octanol–water partition coefficient (Wildman–Crippen LogP) is 2.23. The number of hydrogen-bond donors (Lipinski definition) is 2. The lowest BCUT2D eigenvalue weighted by Crippen LogP contribution is -2.42. The van der Waals surface area contributed by atoms with Crippen molar-refractivity contribution in [2.45, 2.75) is 19.8 Å². The Morgan fingerprint density at radius 3 is 2.50 bits per heavy atom. The highest BCUT2D eigenvalue weighted by Gasteiger charge is 2.27. The fraction of sp³-hybridized carbons (Fsp3) is 0.429. The SMILES string of the molecule is Cc1cc(NC(=O)N2CCC(C(=O)O)CC2)ccc1[N+](=O)[O-]. The molecule has 2 amide bonds. The van der Waals surface area contributed by atoms with E-state index in [1.807, 2.05) is 0 Å². The number of carbonyl (C=O) groups excluding carboxylic acids is 1. The second kappa shape index (κ2) is 6.42. The van der Waals surface area contributed by atoms with Crippen LogP contribution in [-0.4, -0.2) is 40.0 Å². The van der Waals surface area contributed by atoms with Crippen LogP contribution in [0.25, 0.3) is 0 Å². The summed E-state index contributed by atoms with van der Waals surface area (Å²) in [6.07, 6.45) is 0.865. The number of rotatable bonds is 3. The highest BCUT2D eigenvalue weighted by Crippen LogP contribution is 2.23. The average Bonchev–Trinajstić information content (AvgIpc) is 2.47. The minimum Gasteiger partial charge on any atom is -0.481 e. The summed E-state index contributed by atoms with van der Waals surface area (Å²) in [6.45, 7) is 2.37. The number of aliphatic carboxylic acids is 1. The van der Waals surface area contributed by atoms with Crippen LogP contribution in [0.5, 0.6) is 0 Å². The molecular weight excluding hydrogens is 290 g/mol. The van der Waals surface area contributed by atoms with E-state index in [1.54, 1.807) is 17.9 Å². The molecule has 22 heavy (non-hydrogen) atoms. The molecule has 0 aliphatic carbocycles. The molecule has 1 heterocycles. The Hall–Kier alpha value is -2.64. The summed E-state index contributed by atoms with van der Waals surface area (Å²) in [4.78, 5) is 34.8. The summed E-state index contributed by atoms with van der Waals surface area (Å²) in [5.41, 5.74) is 0.945. The Kier molecular flexibility index (Phi) is 4.59. The van der Waals surface area contributed by atoms with Crippen molar-refractivity contribution < 1.29 is 19.6 Å². The largest absolute Gasteiger partial charge is 0.481 e. The Labute approximate surface area is 126 Å². The van der Waals surface area contributed by atoms with Crippen molar-refractivity contribution in [2.75, 3.05) is 18.4 Å². The van der Waals surface area contributed by atoms with E-state index in [1.165, 1.54) is 12.1 Å². The van der Waals surface area contributed by atoms with Crippen LogP contribution in [0, 0.1) is 23.0 Å². The molecule has 1 saturated heterocycles. The normalized spacial score (nSPS) is 15.4. The van der Waals surface area contributed by atoms with E-state index in [2.05, 4.69) is 5.32 Å². The van der Waals surface area contributed by atoms with Crippen LogP contribution >= 0.6 is 0 Å². The van der Waals surface area contributed by atoms with Gasteiger partial charge in [-0.25, -0.2) is 4.79 Å². The van der Waals surface area contributed by atoms with Gasteiger partial charge in [-0.2, -0.15) is 0 Å². The zero-order valence-electron chi connectivity index (χ0n) is 12.1. The molecule has 1 fully saturated rings. The minimum absolute atomic E-state index is 0.000251. The summed E-state index contributed by atoms with van der Waals surface area (Å²) in [7, 11) is 0. The number of carboxylic acids is 1. The number of piperidine rings is 1. The zero-order chi connectivity index (χ0) is 16.3. The van der Waals surface area contributed by atoms with Gasteiger partial charge < -0.3 is 15.3 Å². The maximum atomic E-state index is 12.1. The predicted molar refractivity (Wildman–Crippen MR) is 78.8 cm³/mol. The van der Waals surface area contributed by atoms with Gasteiger partial charge in [0.2, 0.25) is 0 Å². The molecule has 8 nitrogen and oxygen atoms in total. The molecule has 1 aliphatic rings. The Bertz CT molecular complexity index is 608. The number of urea groups is 1. The van der Waals surface area contributed by atoms with E-state index in [9.17, 15) is 19.7 Å². The summed E-state index contributed by atoms with van der Waals surface area (Å²) in [5.74, 6) is -1.23. The number of nitrogens with zero attached hydrogens (tertiary/aromatic N) is 2. The van der Waals surface area contributed by atoms with Gasteiger partial charge in [0, 0.05) is 30.4 Å². The van der Waals surface area contributed by atoms with Crippen LogP contribution in [-0.2, 0) is 4.79 Å². The molecule has 2 N–H and O–H groups in total. The summed E-state index contributed by atoms with van der Waals surface area (Å²) < 4.78 is 0. The molecule has 0 atom stereocenters. The van der Waals surface area contributed by atoms with Gasteiger partial charge in [-0.3, -0.25) is 14.9 Å². The average molecular weight is 307 g/mol. The highest BCUT2D eigenvalue weighted by atomic mass is 16.6. The number of nitro benzene ring substituents is 1. The molecule has 0 radical (unpaired) electrons. The molecule has 2 rings (SSSR count). The molecular formula is C14H17N3O5. The van der Waals surface area contributed by atoms with E-state index >= 15 is 0 Å². The lowest BCUT2D eigenvalue weighted by atomic mass is 9.97. The first-order valence-corrected chi connectivity index (χ1v) is 6.92. The van der Waals surface area contributed by atoms with Gasteiger partial charge in [-0.1, -0.05) is 0 Å². The molecule has 0 spiro atoms. The van der Waals surface area contributed by atoms with Gasteiger partial charge in [-0.05, 0) is 31.9 Å². The number of aryl methyl sites for hydroxylation is 1. The van der Waals surface area contributed by atoms with Gasteiger partial charge in [0.05, 0.1) is 10.8 Å². The van der Waals surface area contributed by atoms with Crippen LogP contribution in [0.4, 0.5) is 16.2 Å². The van der Waals surface area contributed by atoms with E-state index in [0.717, 1.165) is 0 Å². The molecule has 1 aromatic carbocycles. The van der Waals surface area contributed by atoms with E-state index < -0.39 is 16.8 Å². The minimum atomic E-state index is -0.828. The first-order valence-electron chi connectivity index (χ1n) is 6.92. The number of hydrogen-bond acceptors (Lipinski definition) is 4. The molecule has 0 aromatic heterocycles. The number of nitrogens with one attached hydrogen (secondary N) is 1. The zero-order valence-corrected chi connectivity index (χ0v) is 12.1. The van der Waals surface area contributed by atoms with Crippen molar-refractivity contribution in [2.24, 2.45) is 5.92 Å². The van der Waals surface area contributed by atoms with E-state index in [-0.39, 0.29) is 11.7 Å². The van der Waals surface area contributed by atoms with Crippen LogP contribution in [0.3, 0.4) is 0 Å². The maximum Gasteiger partial charge on any atom is 0.321 e. The molecule has 1 aromatic rings. The lowest BCUT2D eigenvalue weighted by molar-refractivity contribution is -0.385. The quantitative estimate of drug-likeness (QED) is 0.656.